The van der Waals surface area contributed by atoms with Crippen LogP contribution in [0.3, 0.4) is 0 Å². The van der Waals surface area contributed by atoms with Crippen molar-refractivity contribution in [1.82, 2.24) is 4.98 Å². The summed E-state index contributed by atoms with van der Waals surface area (Å²) in [6, 6.07) is 9.28. The van der Waals surface area contributed by atoms with Gasteiger partial charge >= 0.3 is 5.97 Å². The summed E-state index contributed by atoms with van der Waals surface area (Å²) >= 11 is 0. The number of pyridine rings is 1. The number of carboxylic acid groups (broad SMARTS) is 1. The lowest BCUT2D eigenvalue weighted by atomic mass is 9.78. The molecule has 2 saturated heterocycles. The summed E-state index contributed by atoms with van der Waals surface area (Å²) in [6.07, 6.45) is 2.46. The van der Waals surface area contributed by atoms with Crippen molar-refractivity contribution in [3.05, 3.63) is 36.5 Å². The predicted octanol–water partition coefficient (Wildman–Crippen LogP) is 2.05. The highest BCUT2D eigenvalue weighted by Gasteiger charge is 2.55. The summed E-state index contributed by atoms with van der Waals surface area (Å²) in [6.45, 7) is 0. The second kappa shape index (κ2) is 5.31. The van der Waals surface area contributed by atoms with E-state index in [0.29, 0.717) is 17.6 Å². The second-order valence-corrected chi connectivity index (χ2v) is 6.05. The molecular formula is C17H16N2O4. The van der Waals surface area contributed by atoms with E-state index in [9.17, 15) is 14.7 Å². The monoisotopic (exact) mass is 312 g/mol. The van der Waals surface area contributed by atoms with Crippen LogP contribution in [-0.4, -0.2) is 34.2 Å². The summed E-state index contributed by atoms with van der Waals surface area (Å²) in [4.78, 5) is 28.5. The largest absolute Gasteiger partial charge is 0.481 e. The molecule has 2 aliphatic heterocycles. The molecule has 1 aromatic carbocycles. The Hall–Kier alpha value is -2.47. The highest BCUT2D eigenvalue weighted by Crippen LogP contribution is 2.44. The van der Waals surface area contributed by atoms with E-state index in [0.717, 1.165) is 11.8 Å². The minimum Gasteiger partial charge on any atom is -0.481 e. The number of aromatic nitrogens is 1. The zero-order chi connectivity index (χ0) is 16.0. The number of hydrogen-bond acceptors (Lipinski definition) is 4. The number of amides is 1. The topological polar surface area (TPSA) is 88.5 Å². The lowest BCUT2D eigenvalue weighted by Gasteiger charge is -2.24. The Bertz CT molecular complexity index is 786. The number of carbonyl (C=O) groups excluding carboxylic acids is 1. The number of nitrogens with zero attached hydrogens (tertiary/aromatic N) is 1. The fraction of sp³-hybridized carbons (Fsp3) is 0.353. The number of aliphatic carboxylic acids is 1. The average Bonchev–Trinajstić information content (AvgIpc) is 3.16. The molecule has 1 amide bonds. The molecule has 6 nitrogen and oxygen atoms in total. The molecule has 1 aromatic heterocycles. The number of carboxylic acids is 1. The standard InChI is InChI=1S/C17H16N2O4/c20-16(13-11-6-7-12(23-11)14(13)17(21)22)19-10-5-1-3-9-4-2-8-18-15(9)10/h1-5,8,11-14H,6-7H2,(H,19,20)(H,21,22)/t11-,12+,13-,14-/m0/s1. The van der Waals surface area contributed by atoms with Gasteiger partial charge in [-0.25, -0.2) is 0 Å². The number of rotatable bonds is 3. The van der Waals surface area contributed by atoms with Gasteiger partial charge in [-0.15, -0.1) is 0 Å². The van der Waals surface area contributed by atoms with Crippen molar-refractivity contribution in [2.24, 2.45) is 11.8 Å². The molecule has 2 fully saturated rings. The van der Waals surface area contributed by atoms with Gasteiger partial charge in [0, 0.05) is 11.6 Å². The van der Waals surface area contributed by atoms with E-state index in [-0.39, 0.29) is 18.1 Å². The van der Waals surface area contributed by atoms with Gasteiger partial charge in [0.2, 0.25) is 5.91 Å². The van der Waals surface area contributed by atoms with Crippen molar-refractivity contribution in [2.75, 3.05) is 5.32 Å². The van der Waals surface area contributed by atoms with Crippen LogP contribution < -0.4 is 5.32 Å². The third kappa shape index (κ3) is 2.26. The van der Waals surface area contributed by atoms with Crippen LogP contribution in [0.25, 0.3) is 10.9 Å². The van der Waals surface area contributed by atoms with Crippen LogP contribution in [0.5, 0.6) is 0 Å². The van der Waals surface area contributed by atoms with Gasteiger partial charge in [-0.3, -0.25) is 14.6 Å². The molecule has 4 atom stereocenters. The first-order chi connectivity index (χ1) is 11.1. The van der Waals surface area contributed by atoms with Gasteiger partial charge in [0.05, 0.1) is 35.2 Å². The van der Waals surface area contributed by atoms with E-state index in [1.165, 1.54) is 0 Å². The van der Waals surface area contributed by atoms with Crippen LogP contribution in [0.1, 0.15) is 12.8 Å². The summed E-state index contributed by atoms with van der Waals surface area (Å²) in [5, 5.41) is 13.2. The Morgan fingerprint density at radius 2 is 1.87 bits per heavy atom. The molecule has 2 bridgehead atoms. The van der Waals surface area contributed by atoms with Gasteiger partial charge in [0.15, 0.2) is 0 Å². The molecule has 118 valence electrons. The van der Waals surface area contributed by atoms with Gasteiger partial charge < -0.3 is 15.2 Å². The average molecular weight is 312 g/mol. The SMILES string of the molecule is O=C(Nc1cccc2cccnc12)[C@@H]1[C@@H](C(=O)O)[C@H]2CC[C@@H]1O2. The van der Waals surface area contributed by atoms with Crippen LogP contribution in [-0.2, 0) is 14.3 Å². The third-order valence-corrected chi connectivity index (χ3v) is 4.75. The summed E-state index contributed by atoms with van der Waals surface area (Å²) in [7, 11) is 0. The number of nitrogens with one attached hydrogen (secondary N) is 1. The molecule has 0 unspecified atom stereocenters. The summed E-state index contributed by atoms with van der Waals surface area (Å²) in [5.41, 5.74) is 1.29. The Morgan fingerprint density at radius 1 is 1.13 bits per heavy atom. The molecular weight excluding hydrogens is 296 g/mol. The number of benzene rings is 1. The Kier molecular flexibility index (Phi) is 3.27. The fourth-order valence-corrected chi connectivity index (χ4v) is 3.75. The van der Waals surface area contributed by atoms with Crippen molar-refractivity contribution in [1.29, 1.82) is 0 Å². The predicted molar refractivity (Wildman–Crippen MR) is 82.9 cm³/mol. The molecule has 2 aromatic rings. The second-order valence-electron chi connectivity index (χ2n) is 6.05. The first-order valence-electron chi connectivity index (χ1n) is 7.68. The first kappa shape index (κ1) is 14.1. The maximum Gasteiger partial charge on any atom is 0.310 e. The highest BCUT2D eigenvalue weighted by atomic mass is 16.5. The zero-order valence-corrected chi connectivity index (χ0v) is 12.3. The number of para-hydroxylation sites is 1. The van der Waals surface area contributed by atoms with Crippen molar-refractivity contribution in [2.45, 2.75) is 25.0 Å². The van der Waals surface area contributed by atoms with Crippen molar-refractivity contribution < 1.29 is 19.4 Å². The smallest absolute Gasteiger partial charge is 0.310 e. The lowest BCUT2D eigenvalue weighted by molar-refractivity contribution is -0.147. The third-order valence-electron chi connectivity index (χ3n) is 4.75. The van der Waals surface area contributed by atoms with E-state index in [1.807, 2.05) is 24.3 Å². The maximum absolute atomic E-state index is 12.7. The molecule has 4 rings (SSSR count). The molecule has 3 heterocycles. The first-order valence-corrected chi connectivity index (χ1v) is 7.68. The zero-order valence-electron chi connectivity index (χ0n) is 12.3. The van der Waals surface area contributed by atoms with Crippen molar-refractivity contribution in [3.63, 3.8) is 0 Å². The fourth-order valence-electron chi connectivity index (χ4n) is 3.75. The summed E-state index contributed by atoms with van der Waals surface area (Å²) < 4.78 is 5.65. The van der Waals surface area contributed by atoms with E-state index in [4.69, 9.17) is 4.74 Å². The number of anilines is 1. The van der Waals surface area contributed by atoms with E-state index >= 15 is 0 Å². The molecule has 0 aliphatic carbocycles. The van der Waals surface area contributed by atoms with E-state index < -0.39 is 17.8 Å². The van der Waals surface area contributed by atoms with Crippen LogP contribution >= 0.6 is 0 Å². The van der Waals surface area contributed by atoms with Gasteiger partial charge in [-0.1, -0.05) is 18.2 Å². The minimum absolute atomic E-state index is 0.302. The Morgan fingerprint density at radius 3 is 2.65 bits per heavy atom. The number of fused-ring (bicyclic) bond motifs is 3. The summed E-state index contributed by atoms with van der Waals surface area (Å²) in [5.74, 6) is -2.68. The molecule has 6 heteroatoms. The van der Waals surface area contributed by atoms with Crippen LogP contribution in [0.2, 0.25) is 0 Å². The van der Waals surface area contributed by atoms with E-state index in [2.05, 4.69) is 10.3 Å². The molecule has 0 spiro atoms. The quantitative estimate of drug-likeness (QED) is 0.905. The normalized spacial score (nSPS) is 28.9. The number of ether oxygens (including phenoxy) is 1. The molecule has 23 heavy (non-hydrogen) atoms. The van der Waals surface area contributed by atoms with Crippen molar-refractivity contribution >= 4 is 28.5 Å². The van der Waals surface area contributed by atoms with Gasteiger partial charge in [0.25, 0.3) is 0 Å². The van der Waals surface area contributed by atoms with Gasteiger partial charge in [-0.2, -0.15) is 0 Å². The van der Waals surface area contributed by atoms with Crippen molar-refractivity contribution in [3.8, 4) is 0 Å². The van der Waals surface area contributed by atoms with Crippen LogP contribution in [0, 0.1) is 11.8 Å². The Balaban J connectivity index is 1.63. The van der Waals surface area contributed by atoms with Gasteiger partial charge in [0.1, 0.15) is 0 Å². The molecule has 0 saturated carbocycles. The number of carbonyl (C=O) groups is 2. The van der Waals surface area contributed by atoms with E-state index in [1.54, 1.807) is 12.3 Å². The van der Waals surface area contributed by atoms with Gasteiger partial charge in [-0.05, 0) is 25.0 Å². The van der Waals surface area contributed by atoms with Crippen LogP contribution in [0.15, 0.2) is 36.5 Å². The van der Waals surface area contributed by atoms with Crippen LogP contribution in [0.4, 0.5) is 5.69 Å². The Labute approximate surface area is 132 Å². The lowest BCUT2D eigenvalue weighted by Crippen LogP contribution is -2.41. The minimum atomic E-state index is -0.964. The molecule has 2 aliphatic rings. The molecule has 2 N–H and O–H groups in total. The highest BCUT2D eigenvalue weighted by molar-refractivity contribution is 6.02. The number of hydrogen-bond donors (Lipinski definition) is 2. The molecule has 0 radical (unpaired) electrons. The maximum atomic E-state index is 12.7.